The predicted octanol–water partition coefficient (Wildman–Crippen LogP) is 6.83. The van der Waals surface area contributed by atoms with Crippen LogP contribution in [0.5, 0.6) is 0 Å². The lowest BCUT2D eigenvalue weighted by Gasteiger charge is -2.45. The summed E-state index contributed by atoms with van der Waals surface area (Å²) in [5.41, 5.74) is 0.527. The van der Waals surface area contributed by atoms with Crippen molar-refractivity contribution < 1.29 is 22.0 Å². The zero-order valence-corrected chi connectivity index (χ0v) is 22.6. The first-order chi connectivity index (χ1) is 17.5. The van der Waals surface area contributed by atoms with Crippen molar-refractivity contribution in [3.05, 3.63) is 96.2 Å². The molecule has 0 saturated carbocycles. The second kappa shape index (κ2) is 10.8. The number of hydrogen-bond donors (Lipinski definition) is 0. The minimum absolute atomic E-state index is 0.0553. The van der Waals surface area contributed by atoms with E-state index in [-0.39, 0.29) is 23.9 Å². The molecule has 37 heavy (non-hydrogen) atoms. The summed E-state index contributed by atoms with van der Waals surface area (Å²) >= 11 is 6.12. The number of aryl methyl sites for hydroxylation is 1. The van der Waals surface area contributed by atoms with Crippen LogP contribution >= 0.6 is 11.6 Å². The first kappa shape index (κ1) is 27.1. The van der Waals surface area contributed by atoms with E-state index in [1.165, 1.54) is 6.20 Å². The summed E-state index contributed by atoms with van der Waals surface area (Å²) in [6.07, 6.45) is -4.01. The molecule has 194 valence electrons. The summed E-state index contributed by atoms with van der Waals surface area (Å²) in [6.45, 7) is 5.85. The molecule has 0 saturated heterocycles. The van der Waals surface area contributed by atoms with Crippen molar-refractivity contribution in [2.75, 3.05) is 0 Å². The van der Waals surface area contributed by atoms with Crippen molar-refractivity contribution in [2.45, 2.75) is 50.9 Å². The molecule has 0 amide bonds. The van der Waals surface area contributed by atoms with Gasteiger partial charge in [-0.05, 0) is 34.0 Å². The van der Waals surface area contributed by atoms with Gasteiger partial charge in [0, 0.05) is 12.6 Å². The van der Waals surface area contributed by atoms with Gasteiger partial charge in [0.25, 0.3) is 8.32 Å². The van der Waals surface area contributed by atoms with E-state index in [4.69, 9.17) is 20.4 Å². The highest BCUT2D eigenvalue weighted by atomic mass is 35.5. The number of oxazole rings is 1. The number of hydrogen-bond acceptors (Lipinski definition) is 4. The van der Waals surface area contributed by atoms with Crippen molar-refractivity contribution in [1.82, 2.24) is 9.97 Å². The Kier molecular flexibility index (Phi) is 7.92. The van der Waals surface area contributed by atoms with E-state index in [2.05, 4.69) is 9.97 Å². The van der Waals surface area contributed by atoms with Crippen molar-refractivity contribution in [3.63, 3.8) is 0 Å². The molecule has 1 unspecified atom stereocenters. The van der Waals surface area contributed by atoms with Crippen LogP contribution in [0.2, 0.25) is 10.2 Å². The summed E-state index contributed by atoms with van der Waals surface area (Å²) < 4.78 is 55.7. The highest BCUT2D eigenvalue weighted by Crippen LogP contribution is 2.40. The standard InChI is InChI=1S/C28H28ClF3N2O2Si/c1-27(2,3)37(20-11-6-4-7-12-20,21-13-8-5-9-14-21)36-24(28(30,31)32)16-17-25-34-19-23(35-25)22-15-10-18-33-26(22)29/h4-15,18-19,24H,16-17H2,1-3H3. The van der Waals surface area contributed by atoms with Gasteiger partial charge < -0.3 is 8.84 Å². The summed E-state index contributed by atoms with van der Waals surface area (Å²) in [5.74, 6) is 0.528. The summed E-state index contributed by atoms with van der Waals surface area (Å²) in [7, 11) is -3.41. The lowest BCUT2D eigenvalue weighted by molar-refractivity contribution is -0.199. The van der Waals surface area contributed by atoms with Gasteiger partial charge in [-0.3, -0.25) is 0 Å². The van der Waals surface area contributed by atoms with Gasteiger partial charge in [0.15, 0.2) is 11.7 Å². The third-order valence-electron chi connectivity index (χ3n) is 6.30. The molecule has 2 heterocycles. The second-order valence-electron chi connectivity index (χ2n) is 9.81. The summed E-state index contributed by atoms with van der Waals surface area (Å²) in [5, 5.41) is 1.21. The number of aromatic nitrogens is 2. The van der Waals surface area contributed by atoms with Gasteiger partial charge in [-0.2, -0.15) is 13.2 Å². The Labute approximate surface area is 220 Å². The fourth-order valence-electron chi connectivity index (χ4n) is 4.57. The molecule has 0 fully saturated rings. The molecular weight excluding hydrogens is 517 g/mol. The Bertz CT molecular complexity index is 1270. The van der Waals surface area contributed by atoms with Crippen molar-refractivity contribution in [2.24, 2.45) is 0 Å². The molecule has 1 atom stereocenters. The monoisotopic (exact) mass is 544 g/mol. The minimum Gasteiger partial charge on any atom is -0.441 e. The molecule has 0 spiro atoms. The third-order valence-corrected chi connectivity index (χ3v) is 11.6. The van der Waals surface area contributed by atoms with Gasteiger partial charge in [0.05, 0.1) is 11.8 Å². The fraction of sp³-hybridized carbons (Fsp3) is 0.286. The smallest absolute Gasteiger partial charge is 0.413 e. The van der Waals surface area contributed by atoms with E-state index in [1.54, 1.807) is 18.3 Å². The molecule has 0 aliphatic carbocycles. The molecule has 4 nitrogen and oxygen atoms in total. The zero-order valence-electron chi connectivity index (χ0n) is 20.8. The first-order valence-electron chi connectivity index (χ1n) is 11.9. The minimum atomic E-state index is -4.59. The fourth-order valence-corrected chi connectivity index (χ4v) is 9.47. The Morgan fingerprint density at radius 2 is 1.49 bits per heavy atom. The molecule has 4 aromatic rings. The van der Waals surface area contributed by atoms with E-state index >= 15 is 0 Å². The average molecular weight is 545 g/mol. The van der Waals surface area contributed by atoms with Crippen LogP contribution in [0.3, 0.4) is 0 Å². The number of alkyl halides is 3. The van der Waals surface area contributed by atoms with Gasteiger partial charge in [0.1, 0.15) is 11.3 Å². The maximum atomic E-state index is 14.5. The predicted molar refractivity (Wildman–Crippen MR) is 142 cm³/mol. The molecule has 0 aliphatic rings. The van der Waals surface area contributed by atoms with Crippen molar-refractivity contribution >= 4 is 30.3 Å². The quantitative estimate of drug-likeness (QED) is 0.180. The highest BCUT2D eigenvalue weighted by Gasteiger charge is 2.55. The normalized spacial score (nSPS) is 13.5. The average Bonchev–Trinajstić information content (AvgIpc) is 3.33. The highest BCUT2D eigenvalue weighted by molar-refractivity contribution is 6.99. The van der Waals surface area contributed by atoms with Crippen LogP contribution in [-0.4, -0.2) is 30.6 Å². The summed E-state index contributed by atoms with van der Waals surface area (Å²) in [6, 6.07) is 22.0. The Morgan fingerprint density at radius 1 is 0.892 bits per heavy atom. The number of pyridine rings is 1. The van der Waals surface area contributed by atoms with Crippen molar-refractivity contribution in [3.8, 4) is 11.3 Å². The van der Waals surface area contributed by atoms with Gasteiger partial charge >= 0.3 is 6.18 Å². The van der Waals surface area contributed by atoms with E-state index in [0.29, 0.717) is 11.3 Å². The van der Waals surface area contributed by atoms with Gasteiger partial charge in [-0.1, -0.05) is 93.0 Å². The van der Waals surface area contributed by atoms with E-state index < -0.39 is 25.6 Å². The van der Waals surface area contributed by atoms with Crippen LogP contribution in [0, 0.1) is 0 Å². The van der Waals surface area contributed by atoms with Crippen LogP contribution < -0.4 is 10.4 Å². The van der Waals surface area contributed by atoms with Crippen LogP contribution in [0.4, 0.5) is 13.2 Å². The van der Waals surface area contributed by atoms with E-state index in [1.807, 2.05) is 81.4 Å². The summed E-state index contributed by atoms with van der Waals surface area (Å²) in [4.78, 5) is 8.19. The number of rotatable bonds is 8. The van der Waals surface area contributed by atoms with Gasteiger partial charge in [0.2, 0.25) is 0 Å². The Morgan fingerprint density at radius 3 is 2.00 bits per heavy atom. The number of benzene rings is 2. The van der Waals surface area contributed by atoms with Gasteiger partial charge in [-0.15, -0.1) is 0 Å². The van der Waals surface area contributed by atoms with E-state index in [9.17, 15) is 13.2 Å². The number of nitrogens with zero attached hydrogens (tertiary/aromatic N) is 2. The molecule has 9 heteroatoms. The van der Waals surface area contributed by atoms with Crippen LogP contribution in [0.1, 0.15) is 33.1 Å². The number of halogens is 4. The Hall–Kier alpha value is -2.94. The topological polar surface area (TPSA) is 48.2 Å². The molecule has 0 radical (unpaired) electrons. The van der Waals surface area contributed by atoms with Crippen molar-refractivity contribution in [1.29, 1.82) is 0 Å². The molecule has 4 rings (SSSR count). The molecule has 2 aromatic heterocycles. The molecule has 0 N–H and O–H groups in total. The third kappa shape index (κ3) is 5.81. The first-order valence-corrected chi connectivity index (χ1v) is 14.2. The van der Waals surface area contributed by atoms with Gasteiger partial charge in [-0.25, -0.2) is 9.97 Å². The van der Waals surface area contributed by atoms with Crippen LogP contribution in [0.15, 0.2) is 89.6 Å². The molecule has 2 aromatic carbocycles. The molecule has 0 bridgehead atoms. The molecule has 0 aliphatic heterocycles. The zero-order chi connectivity index (χ0) is 26.7. The van der Waals surface area contributed by atoms with Crippen LogP contribution in [0.25, 0.3) is 11.3 Å². The largest absolute Gasteiger partial charge is 0.441 e. The maximum absolute atomic E-state index is 14.5. The lowest BCUT2D eigenvalue weighted by atomic mass is 10.2. The lowest BCUT2D eigenvalue weighted by Crippen LogP contribution is -2.68. The second-order valence-corrected chi connectivity index (χ2v) is 14.4. The SMILES string of the molecule is CC(C)(C)[Si](OC(CCc1ncc(-c2cccnc2Cl)o1)C(F)(F)F)(c1ccccc1)c1ccccc1. The maximum Gasteiger partial charge on any atom is 0.413 e. The van der Waals surface area contributed by atoms with Crippen LogP contribution in [-0.2, 0) is 10.8 Å². The Balaban J connectivity index is 1.69. The van der Waals surface area contributed by atoms with E-state index in [0.717, 1.165) is 10.4 Å². The molecular formula is C28H28ClF3N2O2Si.